The van der Waals surface area contributed by atoms with Crippen LogP contribution < -0.4 is 0 Å². The molecule has 3 nitrogen and oxygen atoms in total. The lowest BCUT2D eigenvalue weighted by Gasteiger charge is -2.24. The van der Waals surface area contributed by atoms with Gasteiger partial charge in [0.15, 0.2) is 0 Å². The summed E-state index contributed by atoms with van der Waals surface area (Å²) in [5.74, 6) is -0.281. The van der Waals surface area contributed by atoms with Gasteiger partial charge in [-0.15, -0.1) is 0 Å². The summed E-state index contributed by atoms with van der Waals surface area (Å²) in [6.07, 6.45) is 1.32. The molecular formula is C13H11Cl2NO2. The zero-order chi connectivity index (χ0) is 13.2. The van der Waals surface area contributed by atoms with Gasteiger partial charge in [-0.1, -0.05) is 29.3 Å². The first-order chi connectivity index (χ1) is 8.60. The zero-order valence-electron chi connectivity index (χ0n) is 9.58. The summed E-state index contributed by atoms with van der Waals surface area (Å²) >= 11 is 11.9. The van der Waals surface area contributed by atoms with E-state index in [4.69, 9.17) is 33.2 Å². The van der Waals surface area contributed by atoms with Crippen LogP contribution in [0.2, 0.25) is 10.0 Å². The largest absolute Gasteiger partial charge is 0.465 e. The van der Waals surface area contributed by atoms with Crippen LogP contribution in [-0.4, -0.2) is 12.6 Å². The van der Waals surface area contributed by atoms with Crippen LogP contribution in [0, 0.1) is 11.3 Å². The van der Waals surface area contributed by atoms with Crippen molar-refractivity contribution >= 4 is 29.2 Å². The first-order valence-electron chi connectivity index (χ1n) is 5.60. The average molecular weight is 284 g/mol. The fraction of sp³-hybridized carbons (Fsp3) is 0.385. The van der Waals surface area contributed by atoms with Gasteiger partial charge in [-0.2, -0.15) is 5.26 Å². The van der Waals surface area contributed by atoms with Gasteiger partial charge in [0, 0.05) is 12.8 Å². The molecule has 0 amide bonds. The van der Waals surface area contributed by atoms with Crippen LogP contribution >= 0.6 is 23.2 Å². The molecule has 0 aromatic heterocycles. The van der Waals surface area contributed by atoms with Gasteiger partial charge in [-0.05, 0) is 24.1 Å². The minimum atomic E-state index is -0.746. The van der Waals surface area contributed by atoms with E-state index in [1.54, 1.807) is 18.2 Å². The van der Waals surface area contributed by atoms with E-state index in [0.29, 0.717) is 35.9 Å². The van der Waals surface area contributed by atoms with Gasteiger partial charge >= 0.3 is 5.97 Å². The van der Waals surface area contributed by atoms with Gasteiger partial charge in [-0.3, -0.25) is 4.79 Å². The molecule has 1 atom stereocenters. The number of hydrogen-bond donors (Lipinski definition) is 0. The van der Waals surface area contributed by atoms with E-state index in [0.717, 1.165) is 5.56 Å². The number of rotatable bonds is 3. The quantitative estimate of drug-likeness (QED) is 0.798. The molecule has 1 aliphatic heterocycles. The fourth-order valence-electron chi connectivity index (χ4n) is 2.25. The summed E-state index contributed by atoms with van der Waals surface area (Å²) < 4.78 is 5.07. The maximum atomic E-state index is 12.0. The molecule has 1 fully saturated rings. The molecule has 2 rings (SSSR count). The number of carbonyl (C=O) groups is 1. The van der Waals surface area contributed by atoms with E-state index in [1.165, 1.54) is 0 Å². The highest BCUT2D eigenvalue weighted by Crippen LogP contribution is 2.40. The van der Waals surface area contributed by atoms with Crippen LogP contribution in [0.15, 0.2) is 18.2 Å². The SMILES string of the molecule is N#CCCC1(c2ccc(Cl)c(Cl)c2)CCOC1=O. The number of benzene rings is 1. The lowest BCUT2D eigenvalue weighted by atomic mass is 9.75. The normalized spacial score (nSPS) is 22.6. The first-order valence-corrected chi connectivity index (χ1v) is 6.35. The Morgan fingerprint density at radius 3 is 2.72 bits per heavy atom. The predicted molar refractivity (Wildman–Crippen MR) is 68.6 cm³/mol. The third kappa shape index (κ3) is 2.19. The third-order valence-electron chi connectivity index (χ3n) is 3.29. The lowest BCUT2D eigenvalue weighted by Crippen LogP contribution is -2.31. The molecular weight excluding hydrogens is 273 g/mol. The summed E-state index contributed by atoms with van der Waals surface area (Å²) in [7, 11) is 0. The third-order valence-corrected chi connectivity index (χ3v) is 4.03. The molecule has 1 heterocycles. The second kappa shape index (κ2) is 5.17. The van der Waals surface area contributed by atoms with Crippen LogP contribution in [0.3, 0.4) is 0 Å². The van der Waals surface area contributed by atoms with Crippen molar-refractivity contribution in [3.8, 4) is 6.07 Å². The standard InChI is InChI=1S/C13H11Cl2NO2/c14-10-3-2-9(8-11(10)15)13(4-1-6-16)5-7-18-12(13)17/h2-3,8H,1,4-5,7H2. The Balaban J connectivity index is 2.43. The lowest BCUT2D eigenvalue weighted by molar-refractivity contribution is -0.142. The van der Waals surface area contributed by atoms with Crippen molar-refractivity contribution < 1.29 is 9.53 Å². The Hall–Kier alpha value is -1.24. The molecule has 1 aromatic carbocycles. The molecule has 5 heteroatoms. The molecule has 0 spiro atoms. The molecule has 0 aliphatic carbocycles. The van der Waals surface area contributed by atoms with E-state index in [-0.39, 0.29) is 5.97 Å². The maximum absolute atomic E-state index is 12.0. The van der Waals surface area contributed by atoms with Crippen molar-refractivity contribution in [3.63, 3.8) is 0 Å². The van der Waals surface area contributed by atoms with Crippen molar-refractivity contribution in [1.82, 2.24) is 0 Å². The molecule has 18 heavy (non-hydrogen) atoms. The van der Waals surface area contributed by atoms with Crippen molar-refractivity contribution in [3.05, 3.63) is 33.8 Å². The van der Waals surface area contributed by atoms with Crippen LogP contribution in [-0.2, 0) is 14.9 Å². The molecule has 1 unspecified atom stereocenters. The number of cyclic esters (lactones) is 1. The molecule has 94 valence electrons. The molecule has 1 aliphatic rings. The summed E-state index contributed by atoms with van der Waals surface area (Å²) in [5.41, 5.74) is 0.0268. The summed E-state index contributed by atoms with van der Waals surface area (Å²) in [6.45, 7) is 0.379. The Kier molecular flexibility index (Phi) is 3.79. The Labute approximate surface area is 115 Å². The average Bonchev–Trinajstić information content (AvgIpc) is 2.73. The molecule has 1 aromatic rings. The maximum Gasteiger partial charge on any atom is 0.316 e. The van der Waals surface area contributed by atoms with Crippen LogP contribution in [0.25, 0.3) is 0 Å². The van der Waals surface area contributed by atoms with Gasteiger partial charge in [0.25, 0.3) is 0 Å². The minimum Gasteiger partial charge on any atom is -0.465 e. The molecule has 0 saturated carbocycles. The Morgan fingerprint density at radius 1 is 1.39 bits per heavy atom. The highest BCUT2D eigenvalue weighted by molar-refractivity contribution is 6.42. The number of esters is 1. The summed E-state index contributed by atoms with van der Waals surface area (Å²) in [5, 5.41) is 9.58. The van der Waals surface area contributed by atoms with Crippen molar-refractivity contribution in [2.45, 2.75) is 24.7 Å². The fourth-order valence-corrected chi connectivity index (χ4v) is 2.55. The van der Waals surface area contributed by atoms with Gasteiger partial charge in [0.1, 0.15) is 0 Å². The first kappa shape index (κ1) is 13.2. The highest BCUT2D eigenvalue weighted by Gasteiger charge is 2.45. The van der Waals surface area contributed by atoms with Gasteiger partial charge in [0.05, 0.1) is 28.1 Å². The van der Waals surface area contributed by atoms with E-state index >= 15 is 0 Å². The number of nitrogens with zero attached hydrogens (tertiary/aromatic N) is 1. The Bertz CT molecular complexity index is 524. The van der Waals surface area contributed by atoms with E-state index < -0.39 is 5.41 Å². The van der Waals surface area contributed by atoms with Crippen molar-refractivity contribution in [2.75, 3.05) is 6.61 Å². The van der Waals surface area contributed by atoms with Crippen LogP contribution in [0.1, 0.15) is 24.8 Å². The monoisotopic (exact) mass is 283 g/mol. The summed E-state index contributed by atoms with van der Waals surface area (Å²) in [4.78, 5) is 12.0. The van der Waals surface area contributed by atoms with Gasteiger partial charge in [-0.25, -0.2) is 0 Å². The summed E-state index contributed by atoms with van der Waals surface area (Å²) in [6, 6.07) is 7.20. The minimum absolute atomic E-state index is 0.281. The smallest absolute Gasteiger partial charge is 0.316 e. The van der Waals surface area contributed by atoms with Crippen LogP contribution in [0.4, 0.5) is 0 Å². The van der Waals surface area contributed by atoms with Gasteiger partial charge in [0.2, 0.25) is 0 Å². The van der Waals surface area contributed by atoms with Crippen molar-refractivity contribution in [1.29, 1.82) is 5.26 Å². The molecule has 0 bridgehead atoms. The number of ether oxygens (including phenoxy) is 1. The zero-order valence-corrected chi connectivity index (χ0v) is 11.1. The number of halogens is 2. The van der Waals surface area contributed by atoms with Crippen LogP contribution in [0.5, 0.6) is 0 Å². The molecule has 0 radical (unpaired) electrons. The topological polar surface area (TPSA) is 50.1 Å². The molecule has 1 saturated heterocycles. The van der Waals surface area contributed by atoms with E-state index in [2.05, 4.69) is 6.07 Å². The van der Waals surface area contributed by atoms with Crippen molar-refractivity contribution in [2.24, 2.45) is 0 Å². The number of carbonyl (C=O) groups excluding carboxylic acids is 1. The predicted octanol–water partition coefficient (Wildman–Crippen LogP) is 3.48. The van der Waals surface area contributed by atoms with E-state index in [1.807, 2.05) is 0 Å². The van der Waals surface area contributed by atoms with E-state index in [9.17, 15) is 4.79 Å². The number of hydrogen-bond acceptors (Lipinski definition) is 3. The van der Waals surface area contributed by atoms with Gasteiger partial charge < -0.3 is 4.74 Å². The number of nitriles is 1. The molecule has 0 N–H and O–H groups in total. The second-order valence-electron chi connectivity index (χ2n) is 4.26. The Morgan fingerprint density at radius 2 is 2.17 bits per heavy atom. The second-order valence-corrected chi connectivity index (χ2v) is 5.07. The highest BCUT2D eigenvalue weighted by atomic mass is 35.5.